The Hall–Kier alpha value is -1.08. The van der Waals surface area contributed by atoms with Gasteiger partial charge >= 0.3 is 7.12 Å². The van der Waals surface area contributed by atoms with Crippen molar-refractivity contribution in [2.24, 2.45) is 0 Å². The topological polar surface area (TPSA) is 53.4 Å². The lowest BCUT2D eigenvalue weighted by Gasteiger charge is -2.08. The van der Waals surface area contributed by atoms with Gasteiger partial charge in [-0.25, -0.2) is 9.37 Å². The fourth-order valence-electron chi connectivity index (χ4n) is 1.54. The van der Waals surface area contributed by atoms with Crippen molar-refractivity contribution >= 4 is 35.9 Å². The summed E-state index contributed by atoms with van der Waals surface area (Å²) in [5.41, 5.74) is 0.819. The van der Waals surface area contributed by atoms with Crippen molar-refractivity contribution in [1.82, 2.24) is 4.98 Å². The highest BCUT2D eigenvalue weighted by Crippen LogP contribution is 2.21. The van der Waals surface area contributed by atoms with E-state index in [0.29, 0.717) is 16.3 Å². The van der Waals surface area contributed by atoms with Gasteiger partial charge in [-0.3, -0.25) is 0 Å². The first-order valence-corrected chi connectivity index (χ1v) is 6.81. The van der Waals surface area contributed by atoms with E-state index >= 15 is 0 Å². The highest BCUT2D eigenvalue weighted by molar-refractivity contribution is 7.98. The van der Waals surface area contributed by atoms with Gasteiger partial charge in [0.1, 0.15) is 5.82 Å². The Balaban J connectivity index is 2.13. The number of aromatic nitrogens is 1. The molecule has 0 amide bonds. The van der Waals surface area contributed by atoms with Gasteiger partial charge in [0.25, 0.3) is 0 Å². The van der Waals surface area contributed by atoms with E-state index in [0.717, 1.165) is 11.1 Å². The second kappa shape index (κ2) is 6.39. The molecule has 3 nitrogen and oxygen atoms in total. The maximum Gasteiger partial charge on any atom is 0.488 e. The molecule has 0 unspecified atom stereocenters. The number of pyridine rings is 1. The maximum absolute atomic E-state index is 13.1. The number of hydrogen-bond acceptors (Lipinski definition) is 4. The molecule has 0 radical (unpaired) electrons. The van der Waals surface area contributed by atoms with E-state index in [4.69, 9.17) is 11.6 Å². The third-order valence-electron chi connectivity index (χ3n) is 2.46. The third kappa shape index (κ3) is 3.94. The molecule has 0 aliphatic carbocycles. The van der Waals surface area contributed by atoms with E-state index in [1.807, 2.05) is 0 Å². The first-order valence-electron chi connectivity index (χ1n) is 5.45. The number of hydrogen-bond donors (Lipinski definition) is 2. The molecule has 0 saturated carbocycles. The van der Waals surface area contributed by atoms with E-state index in [9.17, 15) is 14.4 Å². The van der Waals surface area contributed by atoms with E-state index in [-0.39, 0.29) is 5.46 Å². The molecule has 1 aromatic heterocycles. The lowest BCUT2D eigenvalue weighted by Crippen LogP contribution is -2.33. The monoisotopic (exact) mass is 297 g/mol. The highest BCUT2D eigenvalue weighted by Gasteiger charge is 2.17. The van der Waals surface area contributed by atoms with Crippen LogP contribution in [0.25, 0.3) is 0 Å². The number of thioether (sulfide) groups is 1. The molecule has 0 spiro atoms. The molecule has 2 rings (SSSR count). The van der Waals surface area contributed by atoms with Gasteiger partial charge in [0, 0.05) is 11.9 Å². The van der Waals surface area contributed by atoms with Crippen molar-refractivity contribution < 1.29 is 14.4 Å². The van der Waals surface area contributed by atoms with Gasteiger partial charge in [-0.15, -0.1) is 11.8 Å². The zero-order valence-electron chi connectivity index (χ0n) is 9.75. The van der Waals surface area contributed by atoms with Crippen LogP contribution >= 0.6 is 23.4 Å². The minimum atomic E-state index is -1.69. The van der Waals surface area contributed by atoms with E-state index in [1.54, 1.807) is 12.1 Å². The van der Waals surface area contributed by atoms with E-state index < -0.39 is 12.9 Å². The van der Waals surface area contributed by atoms with Crippen molar-refractivity contribution in [3.05, 3.63) is 52.9 Å². The van der Waals surface area contributed by atoms with Crippen LogP contribution in [0.5, 0.6) is 0 Å². The normalized spacial score (nSPS) is 10.5. The molecule has 1 aromatic carbocycles. The van der Waals surface area contributed by atoms with Crippen LogP contribution in [0.2, 0.25) is 5.02 Å². The SMILES string of the molecule is OB(O)c1cc(F)ccc1CSc1ccc(Cl)cn1. The number of rotatable bonds is 4. The number of nitrogens with zero attached hydrogens (tertiary/aromatic N) is 1. The number of halogens is 2. The molecule has 2 aromatic rings. The zero-order valence-corrected chi connectivity index (χ0v) is 11.3. The average molecular weight is 298 g/mol. The Labute approximate surface area is 119 Å². The van der Waals surface area contributed by atoms with Crippen LogP contribution in [0.15, 0.2) is 41.6 Å². The summed E-state index contributed by atoms with van der Waals surface area (Å²) in [4.78, 5) is 4.12. The van der Waals surface area contributed by atoms with Crippen LogP contribution in [-0.2, 0) is 5.75 Å². The molecule has 0 fully saturated rings. The summed E-state index contributed by atoms with van der Waals surface area (Å²) < 4.78 is 13.1. The fourth-order valence-corrected chi connectivity index (χ4v) is 2.51. The first-order chi connectivity index (χ1) is 9.06. The van der Waals surface area contributed by atoms with Crippen LogP contribution in [0.3, 0.4) is 0 Å². The Morgan fingerprint density at radius 3 is 2.68 bits per heavy atom. The van der Waals surface area contributed by atoms with Crippen LogP contribution in [0, 0.1) is 5.82 Å². The van der Waals surface area contributed by atoms with Crippen LogP contribution in [0.1, 0.15) is 5.56 Å². The van der Waals surface area contributed by atoms with Crippen molar-refractivity contribution in [2.75, 3.05) is 0 Å². The van der Waals surface area contributed by atoms with Gasteiger partial charge < -0.3 is 10.0 Å². The minimum Gasteiger partial charge on any atom is -0.423 e. The summed E-state index contributed by atoms with van der Waals surface area (Å²) in [5.74, 6) is -0.0385. The molecule has 0 bridgehead atoms. The molecule has 0 aliphatic rings. The average Bonchev–Trinajstić information content (AvgIpc) is 2.39. The highest BCUT2D eigenvalue weighted by atomic mass is 35.5. The standard InChI is InChI=1S/C12H10BClFNO2S/c14-9-2-4-12(16-6-9)19-7-8-1-3-10(15)5-11(8)13(17)18/h1-6,17-18H,7H2. The Kier molecular flexibility index (Phi) is 4.82. The molecular weight excluding hydrogens is 287 g/mol. The Morgan fingerprint density at radius 2 is 2.05 bits per heavy atom. The molecule has 2 N–H and O–H groups in total. The molecular formula is C12H10BClFNO2S. The van der Waals surface area contributed by atoms with Crippen LogP contribution in [-0.4, -0.2) is 22.2 Å². The molecule has 0 atom stereocenters. The van der Waals surface area contributed by atoms with E-state index in [2.05, 4.69) is 4.98 Å². The lowest BCUT2D eigenvalue weighted by atomic mass is 9.77. The van der Waals surface area contributed by atoms with Crippen molar-refractivity contribution in [3.8, 4) is 0 Å². The lowest BCUT2D eigenvalue weighted by molar-refractivity contribution is 0.425. The molecule has 1 heterocycles. The molecule has 0 saturated heterocycles. The smallest absolute Gasteiger partial charge is 0.423 e. The van der Waals surface area contributed by atoms with Gasteiger partial charge in [0.05, 0.1) is 10.0 Å². The quantitative estimate of drug-likeness (QED) is 0.668. The van der Waals surface area contributed by atoms with Gasteiger partial charge in [-0.05, 0) is 35.3 Å². The maximum atomic E-state index is 13.1. The first kappa shape index (κ1) is 14.3. The van der Waals surface area contributed by atoms with Crippen molar-refractivity contribution in [2.45, 2.75) is 10.8 Å². The Bertz CT molecular complexity index is 568. The van der Waals surface area contributed by atoms with Crippen LogP contribution < -0.4 is 5.46 Å². The van der Waals surface area contributed by atoms with Crippen molar-refractivity contribution in [3.63, 3.8) is 0 Å². The van der Waals surface area contributed by atoms with Crippen LogP contribution in [0.4, 0.5) is 4.39 Å². The molecule has 7 heteroatoms. The predicted octanol–water partition coefficient (Wildman–Crippen LogP) is 1.85. The fraction of sp³-hybridized carbons (Fsp3) is 0.0833. The predicted molar refractivity (Wildman–Crippen MR) is 75.0 cm³/mol. The summed E-state index contributed by atoms with van der Waals surface area (Å²) in [6.45, 7) is 0. The molecule has 0 aliphatic heterocycles. The van der Waals surface area contributed by atoms with E-state index in [1.165, 1.54) is 30.1 Å². The van der Waals surface area contributed by atoms with Gasteiger partial charge in [-0.1, -0.05) is 17.7 Å². The molecule has 98 valence electrons. The minimum absolute atomic E-state index is 0.168. The van der Waals surface area contributed by atoms with Crippen molar-refractivity contribution in [1.29, 1.82) is 0 Å². The number of benzene rings is 1. The Morgan fingerprint density at radius 1 is 1.26 bits per heavy atom. The molecule has 19 heavy (non-hydrogen) atoms. The largest absolute Gasteiger partial charge is 0.488 e. The summed E-state index contributed by atoms with van der Waals surface area (Å²) in [6, 6.07) is 7.44. The summed E-state index contributed by atoms with van der Waals surface area (Å²) >= 11 is 7.14. The second-order valence-electron chi connectivity index (χ2n) is 3.82. The van der Waals surface area contributed by atoms with Gasteiger partial charge in [-0.2, -0.15) is 0 Å². The third-order valence-corrected chi connectivity index (χ3v) is 3.68. The summed E-state index contributed by atoms with van der Waals surface area (Å²) in [6.07, 6.45) is 1.54. The summed E-state index contributed by atoms with van der Waals surface area (Å²) in [7, 11) is -1.69. The summed E-state index contributed by atoms with van der Waals surface area (Å²) in [5, 5.41) is 19.7. The van der Waals surface area contributed by atoms with Gasteiger partial charge in [0.2, 0.25) is 0 Å². The van der Waals surface area contributed by atoms with Gasteiger partial charge in [0.15, 0.2) is 0 Å². The second-order valence-corrected chi connectivity index (χ2v) is 5.25. The zero-order chi connectivity index (χ0) is 13.8.